The Hall–Kier alpha value is -1.85. The van der Waals surface area contributed by atoms with Crippen LogP contribution in [0.5, 0.6) is 0 Å². The predicted molar refractivity (Wildman–Crippen MR) is 66.5 cm³/mol. The van der Waals surface area contributed by atoms with Gasteiger partial charge in [0.1, 0.15) is 11.9 Å². The van der Waals surface area contributed by atoms with Gasteiger partial charge in [0.25, 0.3) is 5.56 Å². The summed E-state index contributed by atoms with van der Waals surface area (Å²) >= 11 is 0. The van der Waals surface area contributed by atoms with Crippen molar-refractivity contribution in [3.8, 4) is 0 Å². The lowest BCUT2D eigenvalue weighted by Gasteiger charge is -2.28. The molecule has 0 spiro atoms. The third-order valence-electron chi connectivity index (χ3n) is 3.37. The first kappa shape index (κ1) is 12.6. The number of hydrogen-bond acceptors (Lipinski definition) is 4. The van der Waals surface area contributed by atoms with Crippen molar-refractivity contribution in [3.05, 3.63) is 22.7 Å². The van der Waals surface area contributed by atoms with Crippen molar-refractivity contribution in [3.63, 3.8) is 0 Å². The molecule has 18 heavy (non-hydrogen) atoms. The second-order valence-electron chi connectivity index (χ2n) is 4.65. The van der Waals surface area contributed by atoms with E-state index >= 15 is 0 Å². The number of anilines is 1. The highest BCUT2D eigenvalue weighted by atomic mass is 16.4. The minimum atomic E-state index is -0.885. The van der Waals surface area contributed by atoms with Crippen LogP contribution in [-0.4, -0.2) is 27.1 Å². The predicted octanol–water partition coefficient (Wildman–Crippen LogP) is 1.22. The van der Waals surface area contributed by atoms with Gasteiger partial charge in [-0.2, -0.15) is 0 Å². The molecule has 0 radical (unpaired) electrons. The third kappa shape index (κ3) is 3.09. The van der Waals surface area contributed by atoms with Gasteiger partial charge in [-0.3, -0.25) is 4.79 Å². The van der Waals surface area contributed by atoms with Crippen molar-refractivity contribution in [2.24, 2.45) is 5.92 Å². The van der Waals surface area contributed by atoms with Crippen LogP contribution in [-0.2, 0) is 4.79 Å². The molecule has 1 fully saturated rings. The molecule has 0 aliphatic heterocycles. The maximum absolute atomic E-state index is 11.3. The normalized spacial score (nSPS) is 18.2. The van der Waals surface area contributed by atoms with E-state index in [1.165, 1.54) is 18.8 Å². The van der Waals surface area contributed by atoms with Gasteiger partial charge in [-0.05, 0) is 18.8 Å². The lowest BCUT2D eigenvalue weighted by atomic mass is 9.84. The first-order chi connectivity index (χ1) is 8.66. The Morgan fingerprint density at radius 3 is 2.78 bits per heavy atom. The monoisotopic (exact) mass is 251 g/mol. The first-order valence-electron chi connectivity index (χ1n) is 6.21. The van der Waals surface area contributed by atoms with Crippen LogP contribution < -0.4 is 10.9 Å². The molecule has 1 aliphatic rings. The summed E-state index contributed by atoms with van der Waals surface area (Å²) in [5.74, 6) is -0.460. The van der Waals surface area contributed by atoms with E-state index in [2.05, 4.69) is 15.3 Å². The molecule has 98 valence electrons. The van der Waals surface area contributed by atoms with Gasteiger partial charge in [-0.15, -0.1) is 0 Å². The molecule has 1 aromatic heterocycles. The quantitative estimate of drug-likeness (QED) is 0.747. The van der Waals surface area contributed by atoms with E-state index in [0.29, 0.717) is 5.82 Å². The number of aromatic nitrogens is 2. The molecule has 1 unspecified atom stereocenters. The van der Waals surface area contributed by atoms with E-state index in [1.54, 1.807) is 0 Å². The fourth-order valence-corrected chi connectivity index (χ4v) is 2.46. The van der Waals surface area contributed by atoms with Gasteiger partial charge in [0, 0.05) is 6.07 Å². The molecule has 1 aliphatic carbocycles. The third-order valence-corrected chi connectivity index (χ3v) is 3.37. The Labute approximate surface area is 104 Å². The zero-order valence-electron chi connectivity index (χ0n) is 10.1. The highest BCUT2D eigenvalue weighted by Gasteiger charge is 2.29. The average Bonchev–Trinajstić information content (AvgIpc) is 2.37. The number of H-pyrrole nitrogens is 1. The topological polar surface area (TPSA) is 95.1 Å². The number of carboxylic acid groups (broad SMARTS) is 1. The van der Waals surface area contributed by atoms with E-state index in [0.717, 1.165) is 25.7 Å². The van der Waals surface area contributed by atoms with Gasteiger partial charge in [0.05, 0.1) is 6.33 Å². The maximum atomic E-state index is 11.3. The zero-order valence-corrected chi connectivity index (χ0v) is 10.1. The van der Waals surface area contributed by atoms with Gasteiger partial charge in [-0.25, -0.2) is 9.78 Å². The standard InChI is InChI=1S/C12H17N3O3/c16-10-6-9(13-7-14-10)15-11(12(17)18)8-4-2-1-3-5-8/h6-8,11H,1-5H2,(H,17,18)(H2,13,14,15,16). The smallest absolute Gasteiger partial charge is 0.326 e. The molecular formula is C12H17N3O3. The van der Waals surface area contributed by atoms with Crippen molar-refractivity contribution in [2.45, 2.75) is 38.1 Å². The summed E-state index contributed by atoms with van der Waals surface area (Å²) in [5.41, 5.74) is -0.291. The van der Waals surface area contributed by atoms with Crippen LogP contribution >= 0.6 is 0 Å². The second-order valence-corrected chi connectivity index (χ2v) is 4.65. The van der Waals surface area contributed by atoms with Crippen molar-refractivity contribution < 1.29 is 9.90 Å². The number of aromatic amines is 1. The molecule has 1 atom stereocenters. The van der Waals surface area contributed by atoms with Crippen LogP contribution in [0, 0.1) is 5.92 Å². The Kier molecular flexibility index (Phi) is 3.96. The van der Waals surface area contributed by atoms with Crippen LogP contribution in [0.3, 0.4) is 0 Å². The van der Waals surface area contributed by atoms with Crippen molar-refractivity contribution in [1.82, 2.24) is 9.97 Å². The van der Waals surface area contributed by atoms with Gasteiger partial charge in [-0.1, -0.05) is 19.3 Å². The SMILES string of the molecule is O=C(O)C(Nc1cc(=O)[nH]cn1)C1CCCCC1. The summed E-state index contributed by atoms with van der Waals surface area (Å²) in [4.78, 5) is 28.8. The number of rotatable bonds is 4. The highest BCUT2D eigenvalue weighted by Crippen LogP contribution is 2.27. The fraction of sp³-hybridized carbons (Fsp3) is 0.583. The van der Waals surface area contributed by atoms with Crippen LogP contribution in [0.15, 0.2) is 17.2 Å². The van der Waals surface area contributed by atoms with Gasteiger partial charge in [0.15, 0.2) is 0 Å². The number of nitrogens with zero attached hydrogens (tertiary/aromatic N) is 1. The molecule has 2 rings (SSSR count). The van der Waals surface area contributed by atoms with E-state index < -0.39 is 12.0 Å². The number of carboxylic acids is 1. The number of nitrogens with one attached hydrogen (secondary N) is 2. The number of hydrogen-bond donors (Lipinski definition) is 3. The molecule has 1 aromatic rings. The van der Waals surface area contributed by atoms with Gasteiger partial charge >= 0.3 is 5.97 Å². The molecule has 1 saturated carbocycles. The minimum Gasteiger partial charge on any atom is -0.480 e. The molecule has 1 heterocycles. The second kappa shape index (κ2) is 5.66. The largest absolute Gasteiger partial charge is 0.480 e. The van der Waals surface area contributed by atoms with Gasteiger partial charge in [0.2, 0.25) is 0 Å². The summed E-state index contributed by atoms with van der Waals surface area (Å²) in [6.45, 7) is 0. The van der Waals surface area contributed by atoms with Gasteiger partial charge < -0.3 is 15.4 Å². The Morgan fingerprint density at radius 1 is 1.44 bits per heavy atom. The molecule has 0 saturated heterocycles. The maximum Gasteiger partial charge on any atom is 0.326 e. The molecule has 6 heteroatoms. The fourth-order valence-electron chi connectivity index (χ4n) is 2.46. The molecular weight excluding hydrogens is 234 g/mol. The molecule has 6 nitrogen and oxygen atoms in total. The number of carbonyl (C=O) groups is 1. The Bertz CT molecular complexity index is 466. The summed E-state index contributed by atoms with van der Waals surface area (Å²) in [7, 11) is 0. The van der Waals surface area contributed by atoms with E-state index in [1.807, 2.05) is 0 Å². The minimum absolute atomic E-state index is 0.109. The first-order valence-corrected chi connectivity index (χ1v) is 6.21. The van der Waals surface area contributed by atoms with E-state index in [9.17, 15) is 14.7 Å². The van der Waals surface area contributed by atoms with Crippen LogP contribution in [0.4, 0.5) is 5.82 Å². The molecule has 3 N–H and O–H groups in total. The molecule has 0 aromatic carbocycles. The lowest BCUT2D eigenvalue weighted by molar-refractivity contribution is -0.139. The van der Waals surface area contributed by atoms with Crippen molar-refractivity contribution >= 4 is 11.8 Å². The highest BCUT2D eigenvalue weighted by molar-refractivity contribution is 5.77. The summed E-state index contributed by atoms with van der Waals surface area (Å²) in [6, 6.07) is 0.610. The van der Waals surface area contributed by atoms with Crippen molar-refractivity contribution in [2.75, 3.05) is 5.32 Å². The van der Waals surface area contributed by atoms with Crippen LogP contribution in [0.2, 0.25) is 0 Å². The summed E-state index contributed by atoms with van der Waals surface area (Å²) in [6.07, 6.45) is 6.40. The summed E-state index contributed by atoms with van der Waals surface area (Å²) in [5, 5.41) is 12.1. The zero-order chi connectivity index (χ0) is 13.0. The van der Waals surface area contributed by atoms with Crippen LogP contribution in [0.25, 0.3) is 0 Å². The molecule has 0 amide bonds. The average molecular weight is 251 g/mol. The van der Waals surface area contributed by atoms with Crippen molar-refractivity contribution in [1.29, 1.82) is 0 Å². The lowest BCUT2D eigenvalue weighted by Crippen LogP contribution is -2.38. The Morgan fingerprint density at radius 2 is 2.17 bits per heavy atom. The van der Waals surface area contributed by atoms with E-state index in [4.69, 9.17) is 0 Å². The van der Waals surface area contributed by atoms with E-state index in [-0.39, 0.29) is 11.5 Å². The summed E-state index contributed by atoms with van der Waals surface area (Å²) < 4.78 is 0. The number of aliphatic carboxylic acids is 1. The molecule has 0 bridgehead atoms. The van der Waals surface area contributed by atoms with Crippen LogP contribution in [0.1, 0.15) is 32.1 Å². The Balaban J connectivity index is 2.10.